The SMILES string of the molecule is COC(=O)C1CC(NC(=O)c2cc(=O)[nH]c(=O)[nH]2)C(O)C(OC2OC(COC(=O)c3ccccc3)C(OC(=O)c3ccccc3)C(O[C@H](C)CC3CCCCC3)C2OC(=O)c2ccccc2)C1. The molecule has 2 heterocycles. The van der Waals surface area contributed by atoms with Gasteiger partial charge in [0.25, 0.3) is 11.5 Å². The third kappa shape index (κ3) is 12.7. The number of ether oxygens (including phenoxy) is 7. The molecule has 7 rings (SSSR count). The van der Waals surface area contributed by atoms with E-state index in [4.69, 9.17) is 33.2 Å². The number of aliphatic hydroxyl groups excluding tert-OH is 1. The number of H-pyrrole nitrogens is 2. The van der Waals surface area contributed by atoms with Crippen molar-refractivity contribution in [1.82, 2.24) is 15.3 Å². The normalized spacial score (nSPS) is 25.7. The summed E-state index contributed by atoms with van der Waals surface area (Å²) in [4.78, 5) is 96.5. The lowest BCUT2D eigenvalue weighted by atomic mass is 9.81. The summed E-state index contributed by atoms with van der Waals surface area (Å²) in [6, 6.07) is 24.1. The van der Waals surface area contributed by atoms with Crippen molar-refractivity contribution in [3.63, 3.8) is 0 Å². The highest BCUT2D eigenvalue weighted by molar-refractivity contribution is 5.92. The van der Waals surface area contributed by atoms with Crippen LogP contribution in [0.2, 0.25) is 0 Å². The molecule has 0 bridgehead atoms. The molecule has 1 amide bonds. The van der Waals surface area contributed by atoms with Crippen molar-refractivity contribution in [2.45, 2.75) is 113 Å². The number of carbonyl (C=O) groups excluding carboxylic acids is 5. The Morgan fingerprint density at radius 1 is 0.761 bits per heavy atom. The van der Waals surface area contributed by atoms with E-state index in [1.165, 1.54) is 19.2 Å². The Kier molecular flexibility index (Phi) is 16.5. The Labute approximate surface area is 385 Å². The summed E-state index contributed by atoms with van der Waals surface area (Å²) in [5, 5.41) is 14.6. The molecule has 18 heteroatoms. The van der Waals surface area contributed by atoms with Gasteiger partial charge in [-0.2, -0.15) is 0 Å². The average molecular weight is 926 g/mol. The van der Waals surface area contributed by atoms with E-state index in [0.717, 1.165) is 38.2 Å². The first kappa shape index (κ1) is 48.5. The number of methoxy groups -OCH3 is 1. The van der Waals surface area contributed by atoms with Gasteiger partial charge in [0.05, 0.1) is 48.0 Å². The second kappa shape index (κ2) is 22.8. The van der Waals surface area contributed by atoms with E-state index in [9.17, 15) is 38.7 Å². The van der Waals surface area contributed by atoms with Gasteiger partial charge in [-0.25, -0.2) is 19.2 Å². The van der Waals surface area contributed by atoms with E-state index in [1.807, 2.05) is 11.9 Å². The summed E-state index contributed by atoms with van der Waals surface area (Å²) in [6.45, 7) is 1.34. The molecule has 4 N–H and O–H groups in total. The molecule has 9 unspecified atom stereocenters. The Morgan fingerprint density at radius 3 is 1.93 bits per heavy atom. The summed E-state index contributed by atoms with van der Waals surface area (Å²) in [5.41, 5.74) is -1.64. The Bertz CT molecular complexity index is 2400. The molecule has 0 spiro atoms. The maximum atomic E-state index is 14.1. The second-order valence-electron chi connectivity index (χ2n) is 17.1. The first-order chi connectivity index (χ1) is 32.4. The van der Waals surface area contributed by atoms with Crippen LogP contribution in [0.5, 0.6) is 0 Å². The van der Waals surface area contributed by atoms with Crippen LogP contribution >= 0.6 is 0 Å². The van der Waals surface area contributed by atoms with Crippen LogP contribution in [0.25, 0.3) is 0 Å². The van der Waals surface area contributed by atoms with Crippen molar-refractivity contribution >= 4 is 29.8 Å². The van der Waals surface area contributed by atoms with Crippen LogP contribution in [0.15, 0.2) is 107 Å². The lowest BCUT2D eigenvalue weighted by Crippen LogP contribution is -2.65. The van der Waals surface area contributed by atoms with Gasteiger partial charge in [-0.3, -0.25) is 19.4 Å². The van der Waals surface area contributed by atoms with Crippen LogP contribution in [-0.4, -0.2) is 114 Å². The monoisotopic (exact) mass is 925 g/mol. The van der Waals surface area contributed by atoms with Gasteiger partial charge in [-0.15, -0.1) is 0 Å². The number of benzene rings is 3. The van der Waals surface area contributed by atoms with Gasteiger partial charge < -0.3 is 48.6 Å². The van der Waals surface area contributed by atoms with Gasteiger partial charge in [0.1, 0.15) is 30.6 Å². The van der Waals surface area contributed by atoms with Crippen molar-refractivity contribution in [2.75, 3.05) is 13.7 Å². The minimum absolute atomic E-state index is 0.148. The van der Waals surface area contributed by atoms with E-state index in [1.54, 1.807) is 78.9 Å². The number of rotatable bonds is 16. The van der Waals surface area contributed by atoms with E-state index in [0.29, 0.717) is 12.3 Å². The largest absolute Gasteiger partial charge is 0.469 e. The number of aliphatic hydroxyl groups is 1. The summed E-state index contributed by atoms with van der Waals surface area (Å²) in [6.07, 6.45) is -5.37. The fourth-order valence-electron chi connectivity index (χ4n) is 8.98. The van der Waals surface area contributed by atoms with Crippen LogP contribution in [0.3, 0.4) is 0 Å². The van der Waals surface area contributed by atoms with E-state index < -0.39 is 114 Å². The van der Waals surface area contributed by atoms with Crippen molar-refractivity contribution in [1.29, 1.82) is 0 Å². The molecule has 0 radical (unpaired) electrons. The van der Waals surface area contributed by atoms with Gasteiger partial charge in [-0.1, -0.05) is 86.7 Å². The topological polar surface area (TPSA) is 248 Å². The zero-order valence-electron chi connectivity index (χ0n) is 37.1. The molecule has 1 aromatic heterocycles. The summed E-state index contributed by atoms with van der Waals surface area (Å²) in [5.74, 6) is -4.63. The number of nitrogens with one attached hydrogen (secondary N) is 3. The van der Waals surface area contributed by atoms with Gasteiger partial charge in [-0.05, 0) is 68.5 Å². The molecule has 3 aliphatic rings. The predicted octanol–water partition coefficient (Wildman–Crippen LogP) is 4.27. The fraction of sp³-hybridized carbons (Fsp3) is 0.449. The third-order valence-corrected chi connectivity index (χ3v) is 12.3. The quantitative estimate of drug-likeness (QED) is 0.0906. The number of aromatic amines is 2. The van der Waals surface area contributed by atoms with Crippen molar-refractivity contribution in [3.05, 3.63) is 140 Å². The maximum absolute atomic E-state index is 14.1. The molecule has 1 saturated heterocycles. The molecule has 2 saturated carbocycles. The zero-order valence-corrected chi connectivity index (χ0v) is 37.1. The number of aromatic nitrogens is 2. The Hall–Kier alpha value is -6.47. The van der Waals surface area contributed by atoms with Crippen LogP contribution in [-0.2, 0) is 38.0 Å². The summed E-state index contributed by atoms with van der Waals surface area (Å²) < 4.78 is 43.5. The first-order valence-corrected chi connectivity index (χ1v) is 22.5. The molecular weight excluding hydrogens is 871 g/mol. The summed E-state index contributed by atoms with van der Waals surface area (Å²) >= 11 is 0. The minimum atomic E-state index is -1.68. The van der Waals surface area contributed by atoms with Gasteiger partial charge in [0.15, 0.2) is 18.5 Å². The molecule has 18 nitrogen and oxygen atoms in total. The van der Waals surface area contributed by atoms with Crippen molar-refractivity contribution in [3.8, 4) is 0 Å². The van der Waals surface area contributed by atoms with Crippen LogP contribution in [0.1, 0.15) is 99.9 Å². The van der Waals surface area contributed by atoms with E-state index >= 15 is 0 Å². The third-order valence-electron chi connectivity index (χ3n) is 12.3. The lowest BCUT2D eigenvalue weighted by Gasteiger charge is -2.47. The standard InChI is InChI=1S/C49H55N3O15/c1-28(23-29-15-7-3-8-16-29)63-41-40(66-46(58)31-19-11-5-12-20-31)37(27-62-45(57)30-17-9-4-10-18-30)65-48(42(41)67-47(59)32-21-13-6-14-22-32)64-36-25-33(44(56)61-2)24-34(39(36)54)50-43(55)35-26-38(53)52-49(60)51-35/h4-6,9-14,17-22,26,28-29,33-34,36-37,39-42,48,54H,3,7-8,15-16,23-25,27H2,1-2H3,(H,50,55)(H2,51,52,53,60)/t28-,33?,34?,36?,37?,39?,40?,41?,42?,48?/m1/s1. The predicted molar refractivity (Wildman–Crippen MR) is 237 cm³/mol. The maximum Gasteiger partial charge on any atom is 0.338 e. The molecule has 3 fully saturated rings. The first-order valence-electron chi connectivity index (χ1n) is 22.5. The molecular formula is C49H55N3O15. The van der Waals surface area contributed by atoms with Crippen molar-refractivity contribution < 1.29 is 62.2 Å². The lowest BCUT2D eigenvalue weighted by molar-refractivity contribution is -0.327. The molecule has 356 valence electrons. The average Bonchev–Trinajstić information content (AvgIpc) is 3.34. The van der Waals surface area contributed by atoms with Gasteiger partial charge in [0.2, 0.25) is 0 Å². The molecule has 10 atom stereocenters. The van der Waals surface area contributed by atoms with Crippen molar-refractivity contribution in [2.24, 2.45) is 11.8 Å². The number of amides is 1. The molecule has 1 aliphatic heterocycles. The number of esters is 4. The number of hydrogen-bond acceptors (Lipinski definition) is 15. The summed E-state index contributed by atoms with van der Waals surface area (Å²) in [7, 11) is 1.18. The van der Waals surface area contributed by atoms with E-state index in [-0.39, 0.29) is 29.5 Å². The van der Waals surface area contributed by atoms with Crippen LogP contribution in [0.4, 0.5) is 0 Å². The molecule has 2 aliphatic carbocycles. The fourth-order valence-corrected chi connectivity index (χ4v) is 8.98. The number of carbonyl (C=O) groups is 5. The highest BCUT2D eigenvalue weighted by atomic mass is 16.7. The van der Waals surface area contributed by atoms with E-state index in [2.05, 4.69) is 10.3 Å². The Balaban J connectivity index is 1.28. The number of hydrogen-bond donors (Lipinski definition) is 4. The second-order valence-corrected chi connectivity index (χ2v) is 17.1. The highest BCUT2D eigenvalue weighted by Crippen LogP contribution is 2.37. The molecule has 4 aromatic rings. The molecule has 3 aromatic carbocycles. The molecule has 67 heavy (non-hydrogen) atoms. The Morgan fingerprint density at radius 2 is 1.34 bits per heavy atom. The van der Waals surface area contributed by atoms with Crippen LogP contribution < -0.4 is 16.6 Å². The smallest absolute Gasteiger partial charge is 0.338 e. The van der Waals surface area contributed by atoms with Gasteiger partial charge in [0, 0.05) is 6.07 Å². The zero-order chi connectivity index (χ0) is 47.5. The van der Waals surface area contributed by atoms with Crippen LogP contribution in [0, 0.1) is 11.8 Å². The van der Waals surface area contributed by atoms with Gasteiger partial charge >= 0.3 is 29.6 Å². The minimum Gasteiger partial charge on any atom is -0.469 e. The highest BCUT2D eigenvalue weighted by Gasteiger charge is 2.54.